The van der Waals surface area contributed by atoms with Crippen molar-refractivity contribution < 1.29 is 19.1 Å². The van der Waals surface area contributed by atoms with E-state index in [2.05, 4.69) is 5.32 Å². The van der Waals surface area contributed by atoms with Crippen LogP contribution >= 0.6 is 11.6 Å². The SMILES string of the molecule is COc1ccccc1N1C(=O)[C@@H]2[C@H](C1=O)[C@@H]1c3ccccc3C=CN1[C@@H]2C(=O)Nc1ccc(Cl)cc1. The lowest BCUT2D eigenvalue weighted by molar-refractivity contribution is -0.128. The molecular formula is C28H22ClN3O4. The van der Waals surface area contributed by atoms with E-state index in [1.54, 1.807) is 48.5 Å². The molecule has 3 aromatic carbocycles. The molecular weight excluding hydrogens is 478 g/mol. The Morgan fingerprint density at radius 1 is 0.917 bits per heavy atom. The van der Waals surface area contributed by atoms with Crippen molar-refractivity contribution in [1.82, 2.24) is 4.90 Å². The van der Waals surface area contributed by atoms with Crippen LogP contribution in [0.3, 0.4) is 0 Å². The van der Waals surface area contributed by atoms with E-state index in [1.165, 1.54) is 12.0 Å². The third kappa shape index (κ3) is 3.31. The number of carbonyl (C=O) groups is 3. The van der Waals surface area contributed by atoms with Crippen molar-refractivity contribution in [2.24, 2.45) is 11.8 Å². The second kappa shape index (κ2) is 8.53. The first-order valence-electron chi connectivity index (χ1n) is 11.6. The van der Waals surface area contributed by atoms with E-state index in [0.29, 0.717) is 22.1 Å². The Bertz CT molecular complexity index is 1420. The molecule has 180 valence electrons. The summed E-state index contributed by atoms with van der Waals surface area (Å²) in [6, 6.07) is 20.1. The van der Waals surface area contributed by atoms with Crippen LogP contribution in [0.2, 0.25) is 5.02 Å². The molecule has 0 radical (unpaired) electrons. The largest absolute Gasteiger partial charge is 0.495 e. The Balaban J connectivity index is 1.45. The van der Waals surface area contributed by atoms with E-state index < -0.39 is 29.8 Å². The van der Waals surface area contributed by atoms with Gasteiger partial charge in [-0.15, -0.1) is 0 Å². The molecule has 2 saturated heterocycles. The lowest BCUT2D eigenvalue weighted by Crippen LogP contribution is -2.46. The van der Waals surface area contributed by atoms with Gasteiger partial charge in [0.15, 0.2) is 0 Å². The summed E-state index contributed by atoms with van der Waals surface area (Å²) in [5.74, 6) is -2.28. The zero-order valence-electron chi connectivity index (χ0n) is 19.3. The third-order valence-corrected chi connectivity index (χ3v) is 7.42. The molecule has 3 aliphatic heterocycles. The minimum Gasteiger partial charge on any atom is -0.495 e. The summed E-state index contributed by atoms with van der Waals surface area (Å²) in [4.78, 5) is 44.6. The lowest BCUT2D eigenvalue weighted by Gasteiger charge is -2.35. The molecule has 3 aliphatic rings. The normalized spacial score (nSPS) is 23.8. The van der Waals surface area contributed by atoms with Gasteiger partial charge in [0.25, 0.3) is 0 Å². The molecule has 7 nitrogen and oxygen atoms in total. The van der Waals surface area contributed by atoms with Gasteiger partial charge in [0.2, 0.25) is 17.7 Å². The van der Waals surface area contributed by atoms with Gasteiger partial charge in [0.1, 0.15) is 11.8 Å². The van der Waals surface area contributed by atoms with E-state index in [9.17, 15) is 14.4 Å². The fourth-order valence-electron chi connectivity index (χ4n) is 5.66. The van der Waals surface area contributed by atoms with Gasteiger partial charge in [-0.1, -0.05) is 48.0 Å². The zero-order chi connectivity index (χ0) is 25.0. The highest BCUT2D eigenvalue weighted by molar-refractivity contribution is 6.30. The van der Waals surface area contributed by atoms with Gasteiger partial charge in [-0.05, 0) is 53.6 Å². The summed E-state index contributed by atoms with van der Waals surface area (Å²) < 4.78 is 5.44. The number of ether oxygens (including phenoxy) is 1. The van der Waals surface area contributed by atoms with Crippen LogP contribution in [0.15, 0.2) is 79.0 Å². The highest BCUT2D eigenvalue weighted by Crippen LogP contribution is 2.54. The molecule has 0 aliphatic carbocycles. The van der Waals surface area contributed by atoms with Crippen LogP contribution in [0, 0.1) is 11.8 Å². The second-order valence-electron chi connectivity index (χ2n) is 9.01. The molecule has 3 aromatic rings. The Hall–Kier alpha value is -4.10. The van der Waals surface area contributed by atoms with Gasteiger partial charge >= 0.3 is 0 Å². The number of halogens is 1. The number of imide groups is 1. The number of anilines is 2. The van der Waals surface area contributed by atoms with Gasteiger partial charge < -0.3 is 15.0 Å². The number of rotatable bonds is 4. The van der Waals surface area contributed by atoms with Gasteiger partial charge in [-0.3, -0.25) is 14.4 Å². The molecule has 1 N–H and O–H groups in total. The molecule has 6 rings (SSSR count). The van der Waals surface area contributed by atoms with Crippen molar-refractivity contribution in [2.45, 2.75) is 12.1 Å². The molecule has 2 fully saturated rings. The average Bonchev–Trinajstić information content (AvgIpc) is 3.38. The predicted octanol–water partition coefficient (Wildman–Crippen LogP) is 4.50. The van der Waals surface area contributed by atoms with Gasteiger partial charge in [-0.2, -0.15) is 0 Å². The van der Waals surface area contributed by atoms with Crippen LogP contribution in [0.5, 0.6) is 5.75 Å². The monoisotopic (exact) mass is 499 g/mol. The fourth-order valence-corrected chi connectivity index (χ4v) is 5.78. The molecule has 3 amide bonds. The topological polar surface area (TPSA) is 79.0 Å². The summed E-state index contributed by atoms with van der Waals surface area (Å²) in [5.41, 5.74) is 2.82. The van der Waals surface area contributed by atoms with Crippen molar-refractivity contribution >= 4 is 46.8 Å². The first-order valence-corrected chi connectivity index (χ1v) is 12.0. The molecule has 0 bridgehead atoms. The Labute approximate surface area is 212 Å². The van der Waals surface area contributed by atoms with Crippen LogP contribution in [0.25, 0.3) is 6.08 Å². The lowest BCUT2D eigenvalue weighted by atomic mass is 9.84. The summed E-state index contributed by atoms with van der Waals surface area (Å²) in [6.45, 7) is 0. The van der Waals surface area contributed by atoms with Crippen LogP contribution in [0.4, 0.5) is 11.4 Å². The number of para-hydroxylation sites is 2. The molecule has 0 unspecified atom stereocenters. The van der Waals surface area contributed by atoms with E-state index in [4.69, 9.17) is 16.3 Å². The summed E-state index contributed by atoms with van der Waals surface area (Å²) in [5, 5.41) is 3.46. The highest BCUT2D eigenvalue weighted by atomic mass is 35.5. The van der Waals surface area contributed by atoms with Crippen LogP contribution in [0.1, 0.15) is 17.2 Å². The molecule has 0 aromatic heterocycles. The van der Waals surface area contributed by atoms with Crippen molar-refractivity contribution in [2.75, 3.05) is 17.3 Å². The Morgan fingerprint density at radius 2 is 1.61 bits per heavy atom. The first-order chi connectivity index (χ1) is 17.5. The molecule has 4 atom stereocenters. The van der Waals surface area contributed by atoms with Crippen LogP contribution in [-0.2, 0) is 14.4 Å². The number of carbonyl (C=O) groups excluding carboxylic acids is 3. The standard InChI is InChI=1S/C28H22ClN3O4/c1-36-21-9-5-4-8-20(21)32-27(34)22-23(28(32)35)25(26(33)30-18-12-10-17(29)11-13-18)31-15-14-16-6-2-3-7-19(16)24(22)31/h2-15,22-25H,1H3,(H,30,33)/t22-,23+,24-,25-/m0/s1. The number of methoxy groups -OCH3 is 1. The summed E-state index contributed by atoms with van der Waals surface area (Å²) in [6.07, 6.45) is 3.74. The van der Waals surface area contributed by atoms with Crippen molar-refractivity contribution in [3.63, 3.8) is 0 Å². The molecule has 36 heavy (non-hydrogen) atoms. The van der Waals surface area contributed by atoms with E-state index in [0.717, 1.165) is 11.1 Å². The molecule has 0 saturated carbocycles. The maximum absolute atomic E-state index is 13.9. The number of nitrogens with zero attached hydrogens (tertiary/aromatic N) is 2. The Morgan fingerprint density at radius 3 is 2.39 bits per heavy atom. The molecule has 8 heteroatoms. The third-order valence-electron chi connectivity index (χ3n) is 7.17. The number of amides is 3. The quantitative estimate of drug-likeness (QED) is 0.535. The predicted molar refractivity (Wildman–Crippen MR) is 136 cm³/mol. The van der Waals surface area contributed by atoms with Gasteiger partial charge in [0, 0.05) is 16.9 Å². The van der Waals surface area contributed by atoms with Crippen LogP contribution < -0.4 is 15.0 Å². The number of hydrogen-bond acceptors (Lipinski definition) is 5. The maximum Gasteiger partial charge on any atom is 0.247 e. The number of hydrogen-bond donors (Lipinski definition) is 1. The minimum absolute atomic E-state index is 0.337. The number of benzene rings is 3. The van der Waals surface area contributed by atoms with Crippen LogP contribution in [-0.4, -0.2) is 35.8 Å². The number of fused-ring (bicyclic) bond motifs is 5. The minimum atomic E-state index is -0.878. The summed E-state index contributed by atoms with van der Waals surface area (Å²) in [7, 11) is 1.50. The summed E-state index contributed by atoms with van der Waals surface area (Å²) >= 11 is 5.99. The average molecular weight is 500 g/mol. The second-order valence-corrected chi connectivity index (χ2v) is 9.45. The maximum atomic E-state index is 13.9. The van der Waals surface area contributed by atoms with E-state index >= 15 is 0 Å². The van der Waals surface area contributed by atoms with E-state index in [-0.39, 0.29) is 11.8 Å². The van der Waals surface area contributed by atoms with Crippen molar-refractivity contribution in [3.8, 4) is 5.75 Å². The number of nitrogens with one attached hydrogen (secondary N) is 1. The molecule has 3 heterocycles. The molecule has 0 spiro atoms. The van der Waals surface area contributed by atoms with Gasteiger partial charge in [-0.25, -0.2) is 4.90 Å². The zero-order valence-corrected chi connectivity index (χ0v) is 20.1. The first kappa shape index (κ1) is 22.4. The Kier molecular flexibility index (Phi) is 5.30. The smallest absolute Gasteiger partial charge is 0.247 e. The fraction of sp³-hybridized carbons (Fsp3) is 0.179. The highest BCUT2D eigenvalue weighted by Gasteiger charge is 2.64. The van der Waals surface area contributed by atoms with E-state index in [1.807, 2.05) is 41.4 Å². The van der Waals surface area contributed by atoms with Gasteiger partial charge in [0.05, 0.1) is 30.7 Å². The van der Waals surface area contributed by atoms with Crippen molar-refractivity contribution in [1.29, 1.82) is 0 Å². The van der Waals surface area contributed by atoms with Crippen molar-refractivity contribution in [3.05, 3.63) is 95.1 Å².